The van der Waals surface area contributed by atoms with Gasteiger partial charge in [-0.3, -0.25) is 4.79 Å². The molecule has 0 saturated carbocycles. The van der Waals surface area contributed by atoms with Gasteiger partial charge in [0, 0.05) is 17.5 Å². The van der Waals surface area contributed by atoms with Gasteiger partial charge in [-0.15, -0.1) is 0 Å². The van der Waals surface area contributed by atoms with E-state index in [0.29, 0.717) is 13.0 Å². The third-order valence-corrected chi connectivity index (χ3v) is 4.11. The van der Waals surface area contributed by atoms with E-state index in [4.69, 9.17) is 0 Å². The average Bonchev–Trinajstić information content (AvgIpc) is 2.59. The third-order valence-electron chi connectivity index (χ3n) is 3.08. The summed E-state index contributed by atoms with van der Waals surface area (Å²) in [6.45, 7) is 2.47. The van der Waals surface area contributed by atoms with Crippen LogP contribution in [0.4, 0.5) is 5.69 Å². The second-order valence-corrected chi connectivity index (χ2v) is 7.21. The van der Waals surface area contributed by atoms with Crippen LogP contribution in [0.15, 0.2) is 18.2 Å². The van der Waals surface area contributed by atoms with E-state index in [1.54, 1.807) is 0 Å². The lowest BCUT2D eigenvalue weighted by Gasteiger charge is -2.11. The number of amides is 1. The van der Waals surface area contributed by atoms with Crippen LogP contribution < -0.4 is 10.6 Å². The highest BCUT2D eigenvalue weighted by molar-refractivity contribution is 7.90. The molecule has 0 aromatic heterocycles. The predicted molar refractivity (Wildman–Crippen MR) is 74.9 cm³/mol. The quantitative estimate of drug-likeness (QED) is 0.790. The maximum atomic E-state index is 11.8. The molecule has 5 nitrogen and oxygen atoms in total. The fourth-order valence-electron chi connectivity index (χ4n) is 2.16. The summed E-state index contributed by atoms with van der Waals surface area (Å²) in [4.78, 5) is 11.8. The summed E-state index contributed by atoms with van der Waals surface area (Å²) in [6.07, 6.45) is 1.72. The van der Waals surface area contributed by atoms with Gasteiger partial charge in [0.25, 0.3) is 0 Å². The van der Waals surface area contributed by atoms with Gasteiger partial charge in [-0.05, 0) is 26.0 Å². The number of anilines is 1. The molecule has 0 saturated heterocycles. The van der Waals surface area contributed by atoms with Gasteiger partial charge in [-0.1, -0.05) is 17.7 Å². The molecular weight excluding hydrogens is 264 g/mol. The summed E-state index contributed by atoms with van der Waals surface area (Å²) < 4.78 is 22.1. The van der Waals surface area contributed by atoms with E-state index in [0.717, 1.165) is 16.8 Å². The van der Waals surface area contributed by atoms with E-state index in [2.05, 4.69) is 10.6 Å². The van der Waals surface area contributed by atoms with Crippen molar-refractivity contribution in [1.82, 2.24) is 5.32 Å². The van der Waals surface area contributed by atoms with Crippen molar-refractivity contribution in [3.63, 3.8) is 0 Å². The molecule has 1 atom stereocenters. The minimum Gasteiger partial charge on any atom is -0.324 e. The summed E-state index contributed by atoms with van der Waals surface area (Å²) in [5.41, 5.74) is 2.86. The van der Waals surface area contributed by atoms with Crippen molar-refractivity contribution in [3.05, 3.63) is 29.3 Å². The van der Waals surface area contributed by atoms with Crippen molar-refractivity contribution < 1.29 is 13.2 Å². The maximum Gasteiger partial charge on any atom is 0.246 e. The van der Waals surface area contributed by atoms with E-state index in [1.165, 1.54) is 6.26 Å². The van der Waals surface area contributed by atoms with Crippen LogP contribution in [0.3, 0.4) is 0 Å². The molecule has 1 aliphatic rings. The minimum absolute atomic E-state index is 0.0834. The number of carbonyl (C=O) groups excluding carboxylic acids is 1. The first kappa shape index (κ1) is 14.0. The molecule has 0 bridgehead atoms. The van der Waals surface area contributed by atoms with Crippen LogP contribution >= 0.6 is 0 Å². The smallest absolute Gasteiger partial charge is 0.246 e. The summed E-state index contributed by atoms with van der Waals surface area (Å²) >= 11 is 0. The zero-order chi connectivity index (χ0) is 14.0. The summed E-state index contributed by atoms with van der Waals surface area (Å²) in [7, 11) is -2.94. The Bertz CT molecular complexity index is 596. The Hall–Kier alpha value is -1.40. The fraction of sp³-hybridized carbons (Fsp3) is 0.462. The molecule has 2 N–H and O–H groups in total. The lowest BCUT2D eigenvalue weighted by atomic mass is 10.1. The van der Waals surface area contributed by atoms with Crippen LogP contribution in [0.25, 0.3) is 0 Å². The average molecular weight is 282 g/mol. The van der Waals surface area contributed by atoms with Gasteiger partial charge >= 0.3 is 0 Å². The first-order valence-corrected chi connectivity index (χ1v) is 8.25. The number of rotatable bonds is 5. The molecule has 6 heteroatoms. The molecule has 1 aliphatic heterocycles. The number of carbonyl (C=O) groups is 1. The lowest BCUT2D eigenvalue weighted by Crippen LogP contribution is -2.29. The Morgan fingerprint density at radius 2 is 2.11 bits per heavy atom. The summed E-state index contributed by atoms with van der Waals surface area (Å²) in [5, 5.41) is 5.92. The highest BCUT2D eigenvalue weighted by atomic mass is 32.2. The monoisotopic (exact) mass is 282 g/mol. The van der Waals surface area contributed by atoms with Crippen LogP contribution in [0.1, 0.15) is 23.6 Å². The second kappa shape index (κ2) is 5.30. The lowest BCUT2D eigenvalue weighted by molar-refractivity contribution is -0.117. The van der Waals surface area contributed by atoms with Crippen LogP contribution in [0.2, 0.25) is 0 Å². The van der Waals surface area contributed by atoms with Crippen LogP contribution in [-0.2, 0) is 14.6 Å². The van der Waals surface area contributed by atoms with Gasteiger partial charge in [0.1, 0.15) is 15.9 Å². The minimum atomic E-state index is -2.94. The summed E-state index contributed by atoms with van der Waals surface area (Å²) in [5.74, 6) is 0.0506. The number of fused-ring (bicyclic) bond motifs is 1. The number of aryl methyl sites for hydroxylation is 1. The molecule has 1 aromatic rings. The molecule has 0 fully saturated rings. The van der Waals surface area contributed by atoms with E-state index >= 15 is 0 Å². The summed E-state index contributed by atoms with van der Waals surface area (Å²) in [6, 6.07) is 5.43. The largest absolute Gasteiger partial charge is 0.324 e. The van der Waals surface area contributed by atoms with E-state index in [1.807, 2.05) is 25.1 Å². The molecule has 1 aromatic carbocycles. The fourth-order valence-corrected chi connectivity index (χ4v) is 2.83. The number of sulfone groups is 1. The van der Waals surface area contributed by atoms with Gasteiger partial charge in [0.2, 0.25) is 5.91 Å². The van der Waals surface area contributed by atoms with Gasteiger partial charge < -0.3 is 10.6 Å². The van der Waals surface area contributed by atoms with Gasteiger partial charge in [0.05, 0.1) is 5.75 Å². The Kier molecular flexibility index (Phi) is 3.91. The predicted octanol–water partition coefficient (Wildman–Crippen LogP) is 1.01. The Morgan fingerprint density at radius 1 is 1.37 bits per heavy atom. The van der Waals surface area contributed by atoms with E-state index in [-0.39, 0.29) is 17.7 Å². The molecule has 19 heavy (non-hydrogen) atoms. The Balaban J connectivity index is 1.98. The first-order valence-electron chi connectivity index (χ1n) is 6.19. The molecular formula is C13H18N2O3S. The van der Waals surface area contributed by atoms with Crippen molar-refractivity contribution in [1.29, 1.82) is 0 Å². The standard InChI is InChI=1S/C13H18N2O3S/c1-9-4-5-11-10(8-9)12(13(16)15-11)14-6-3-7-19(2,17)18/h4-5,8,12,14H,3,6-7H2,1-2H3,(H,15,16). The van der Waals surface area contributed by atoms with Crippen molar-refractivity contribution >= 4 is 21.4 Å². The second-order valence-electron chi connectivity index (χ2n) is 4.95. The molecule has 0 radical (unpaired) electrons. The highest BCUT2D eigenvalue weighted by Gasteiger charge is 2.29. The van der Waals surface area contributed by atoms with Gasteiger partial charge in [-0.2, -0.15) is 0 Å². The number of hydrogen-bond acceptors (Lipinski definition) is 4. The Labute approximate surface area is 113 Å². The number of nitrogens with one attached hydrogen (secondary N) is 2. The highest BCUT2D eigenvalue weighted by Crippen LogP contribution is 2.31. The SMILES string of the molecule is Cc1ccc2c(c1)C(NCCCS(C)(=O)=O)C(=O)N2. The number of hydrogen-bond donors (Lipinski definition) is 2. The molecule has 1 amide bonds. The molecule has 1 unspecified atom stereocenters. The van der Waals surface area contributed by atoms with E-state index in [9.17, 15) is 13.2 Å². The molecule has 0 aliphatic carbocycles. The van der Waals surface area contributed by atoms with E-state index < -0.39 is 9.84 Å². The van der Waals surface area contributed by atoms with Crippen LogP contribution in [0.5, 0.6) is 0 Å². The zero-order valence-electron chi connectivity index (χ0n) is 11.1. The van der Waals surface area contributed by atoms with Crippen molar-refractivity contribution in [3.8, 4) is 0 Å². The first-order chi connectivity index (χ1) is 8.87. The molecule has 104 valence electrons. The normalized spacial score (nSPS) is 18.2. The molecule has 2 rings (SSSR count). The number of benzene rings is 1. The van der Waals surface area contributed by atoms with Gasteiger partial charge in [0.15, 0.2) is 0 Å². The van der Waals surface area contributed by atoms with Gasteiger partial charge in [-0.25, -0.2) is 8.42 Å². The zero-order valence-corrected chi connectivity index (χ0v) is 11.9. The molecule has 0 spiro atoms. The van der Waals surface area contributed by atoms with Crippen LogP contribution in [0, 0.1) is 6.92 Å². The third kappa shape index (κ3) is 3.54. The maximum absolute atomic E-state index is 11.8. The molecule has 1 heterocycles. The van der Waals surface area contributed by atoms with Crippen molar-refractivity contribution in [2.75, 3.05) is 23.9 Å². The topological polar surface area (TPSA) is 75.3 Å². The van der Waals surface area contributed by atoms with Crippen molar-refractivity contribution in [2.45, 2.75) is 19.4 Å². The van der Waals surface area contributed by atoms with Crippen LogP contribution in [-0.4, -0.2) is 32.9 Å². The van der Waals surface area contributed by atoms with Crippen molar-refractivity contribution in [2.24, 2.45) is 0 Å². The Morgan fingerprint density at radius 3 is 2.79 bits per heavy atom.